The van der Waals surface area contributed by atoms with Crippen molar-refractivity contribution in [3.8, 4) is 0 Å². The zero-order chi connectivity index (χ0) is 9.42. The summed E-state index contributed by atoms with van der Waals surface area (Å²) in [6, 6.07) is 3.93. The van der Waals surface area contributed by atoms with E-state index in [0.29, 0.717) is 5.52 Å². The van der Waals surface area contributed by atoms with Crippen LogP contribution < -0.4 is 10.4 Å². The summed E-state index contributed by atoms with van der Waals surface area (Å²) >= 11 is 0. The summed E-state index contributed by atoms with van der Waals surface area (Å²) in [5.74, 6) is -0.438. The quantitative estimate of drug-likeness (QED) is 0.699. The average Bonchev–Trinajstić information content (AvgIpc) is 2.44. The lowest BCUT2D eigenvalue weighted by atomic mass is 10.2. The molecule has 5 heteroatoms. The zero-order valence-corrected chi connectivity index (χ0v) is 6.87. The van der Waals surface area contributed by atoms with E-state index in [2.05, 4.69) is 5.10 Å². The number of fused-ring (bicyclic) bond motifs is 1. The van der Waals surface area contributed by atoms with Gasteiger partial charge in [-0.3, -0.25) is 9.89 Å². The smallest absolute Gasteiger partial charge is 0.310 e. The number of nitrogens with one attached hydrogen (secondary N) is 1. The number of nitrogens with zero attached hydrogens (tertiary/aromatic N) is 1. The number of hydrogen-bond donors (Lipinski definition) is 1. The van der Waals surface area contributed by atoms with Gasteiger partial charge in [0.15, 0.2) is 0 Å². The van der Waals surface area contributed by atoms with E-state index in [-0.39, 0.29) is 5.39 Å². The van der Waals surface area contributed by atoms with E-state index < -0.39 is 11.4 Å². The van der Waals surface area contributed by atoms with Crippen molar-refractivity contribution in [3.63, 3.8) is 0 Å². The van der Waals surface area contributed by atoms with Crippen molar-refractivity contribution in [2.24, 2.45) is 0 Å². The Morgan fingerprint density at radius 1 is 1.54 bits per heavy atom. The molecular weight excluding hydrogens is 175 g/mol. The molecule has 0 radical (unpaired) electrons. The van der Waals surface area contributed by atoms with E-state index in [1.807, 2.05) is 0 Å². The van der Waals surface area contributed by atoms with E-state index in [0.717, 1.165) is 4.85 Å². The van der Waals surface area contributed by atoms with Crippen LogP contribution in [-0.4, -0.2) is 17.1 Å². The van der Waals surface area contributed by atoms with Crippen molar-refractivity contribution in [1.82, 2.24) is 9.94 Å². The third kappa shape index (κ3) is 1.09. The monoisotopic (exact) mass is 182 g/mol. The maximum atomic E-state index is 12.7. The number of benzene rings is 1. The van der Waals surface area contributed by atoms with Crippen LogP contribution in [0.15, 0.2) is 23.0 Å². The SMILES string of the molecule is COn1[nH]c2ccc(F)cc2c1=O. The van der Waals surface area contributed by atoms with Crippen molar-refractivity contribution >= 4 is 10.9 Å². The molecule has 0 atom stereocenters. The fraction of sp³-hybridized carbons (Fsp3) is 0.125. The molecule has 0 aliphatic heterocycles. The lowest BCUT2D eigenvalue weighted by Gasteiger charge is -1.93. The normalized spacial score (nSPS) is 10.6. The number of aromatic nitrogens is 2. The van der Waals surface area contributed by atoms with Crippen LogP contribution in [0, 0.1) is 5.82 Å². The Hall–Kier alpha value is -1.78. The summed E-state index contributed by atoms with van der Waals surface area (Å²) < 4.78 is 12.7. The summed E-state index contributed by atoms with van der Waals surface area (Å²) in [6.45, 7) is 0. The van der Waals surface area contributed by atoms with Crippen LogP contribution in [0.4, 0.5) is 4.39 Å². The molecule has 0 aliphatic rings. The number of rotatable bonds is 1. The van der Waals surface area contributed by atoms with Gasteiger partial charge in [0.1, 0.15) is 12.9 Å². The summed E-state index contributed by atoms with van der Waals surface area (Å²) in [5.41, 5.74) is 0.158. The Labute approximate surface area is 72.5 Å². The van der Waals surface area contributed by atoms with Gasteiger partial charge in [0.25, 0.3) is 0 Å². The molecule has 0 unspecified atom stereocenters. The zero-order valence-electron chi connectivity index (χ0n) is 6.87. The minimum atomic E-state index is -0.438. The second-order valence-electron chi connectivity index (χ2n) is 2.58. The molecule has 1 N–H and O–H groups in total. The highest BCUT2D eigenvalue weighted by molar-refractivity contribution is 5.77. The topological polar surface area (TPSA) is 47.0 Å². The number of hydrogen-bond acceptors (Lipinski definition) is 2. The summed E-state index contributed by atoms with van der Waals surface area (Å²) in [4.78, 5) is 17.0. The predicted molar refractivity (Wildman–Crippen MR) is 45.0 cm³/mol. The van der Waals surface area contributed by atoms with Crippen LogP contribution in [0.3, 0.4) is 0 Å². The molecule has 13 heavy (non-hydrogen) atoms. The van der Waals surface area contributed by atoms with Crippen molar-refractivity contribution < 1.29 is 9.23 Å². The molecule has 2 aromatic rings. The second kappa shape index (κ2) is 2.62. The maximum absolute atomic E-state index is 12.7. The van der Waals surface area contributed by atoms with Crippen LogP contribution in [0.1, 0.15) is 0 Å². The largest absolute Gasteiger partial charge is 0.398 e. The van der Waals surface area contributed by atoms with Gasteiger partial charge in [-0.1, -0.05) is 4.85 Å². The molecule has 0 fully saturated rings. The standard InChI is InChI=1S/C8H7FN2O2/c1-13-11-8(12)6-4-5(9)2-3-7(6)10-11/h2-4,10H,1H3. The first-order chi connectivity index (χ1) is 6.22. The lowest BCUT2D eigenvalue weighted by molar-refractivity contribution is 0.128. The fourth-order valence-electron chi connectivity index (χ4n) is 1.19. The van der Waals surface area contributed by atoms with Crippen molar-refractivity contribution in [2.45, 2.75) is 0 Å². The minimum absolute atomic E-state index is 0.279. The molecule has 0 amide bonds. The fourth-order valence-corrected chi connectivity index (χ4v) is 1.19. The van der Waals surface area contributed by atoms with E-state index >= 15 is 0 Å². The summed E-state index contributed by atoms with van der Waals surface area (Å²) in [7, 11) is 1.35. The molecule has 1 aromatic heterocycles. The van der Waals surface area contributed by atoms with Gasteiger partial charge >= 0.3 is 5.56 Å². The molecule has 0 bridgehead atoms. The lowest BCUT2D eigenvalue weighted by Crippen LogP contribution is -2.21. The summed E-state index contributed by atoms with van der Waals surface area (Å²) in [5, 5.41) is 2.94. The van der Waals surface area contributed by atoms with Gasteiger partial charge in [0, 0.05) is 0 Å². The molecule has 68 valence electrons. The van der Waals surface area contributed by atoms with E-state index in [1.165, 1.54) is 25.3 Å². The van der Waals surface area contributed by atoms with Crippen LogP contribution in [-0.2, 0) is 0 Å². The van der Waals surface area contributed by atoms with Gasteiger partial charge in [-0.15, -0.1) is 0 Å². The summed E-state index contributed by atoms with van der Waals surface area (Å²) in [6.07, 6.45) is 0. The van der Waals surface area contributed by atoms with Gasteiger partial charge in [0.05, 0.1) is 10.9 Å². The van der Waals surface area contributed by atoms with Gasteiger partial charge < -0.3 is 4.84 Å². The van der Waals surface area contributed by atoms with Gasteiger partial charge in [-0.2, -0.15) is 0 Å². The number of halogens is 1. The van der Waals surface area contributed by atoms with Gasteiger partial charge in [-0.05, 0) is 18.2 Å². The van der Waals surface area contributed by atoms with Crippen LogP contribution >= 0.6 is 0 Å². The maximum Gasteiger partial charge on any atom is 0.310 e. The molecule has 0 spiro atoms. The highest BCUT2D eigenvalue weighted by Crippen LogP contribution is 2.08. The molecule has 0 saturated carbocycles. The Balaban J connectivity index is 2.85. The van der Waals surface area contributed by atoms with Gasteiger partial charge in [0.2, 0.25) is 0 Å². The van der Waals surface area contributed by atoms with Crippen LogP contribution in [0.5, 0.6) is 0 Å². The van der Waals surface area contributed by atoms with Crippen molar-refractivity contribution in [1.29, 1.82) is 0 Å². The van der Waals surface area contributed by atoms with E-state index in [9.17, 15) is 9.18 Å². The van der Waals surface area contributed by atoms with Gasteiger partial charge in [-0.25, -0.2) is 4.39 Å². The highest BCUT2D eigenvalue weighted by atomic mass is 19.1. The number of aromatic amines is 1. The van der Waals surface area contributed by atoms with Crippen LogP contribution in [0.25, 0.3) is 10.9 Å². The second-order valence-corrected chi connectivity index (χ2v) is 2.58. The Bertz CT molecular complexity index is 500. The minimum Gasteiger partial charge on any atom is -0.398 e. The Morgan fingerprint density at radius 2 is 2.31 bits per heavy atom. The first-order valence-electron chi connectivity index (χ1n) is 3.67. The van der Waals surface area contributed by atoms with E-state index in [4.69, 9.17) is 4.84 Å². The van der Waals surface area contributed by atoms with E-state index in [1.54, 1.807) is 0 Å². The highest BCUT2D eigenvalue weighted by Gasteiger charge is 2.06. The first-order valence-corrected chi connectivity index (χ1v) is 3.67. The first kappa shape index (κ1) is 7.85. The molecule has 0 aliphatic carbocycles. The van der Waals surface area contributed by atoms with Crippen molar-refractivity contribution in [2.75, 3.05) is 7.11 Å². The Kier molecular flexibility index (Phi) is 1.58. The molecule has 1 heterocycles. The third-order valence-electron chi connectivity index (χ3n) is 1.80. The molecule has 2 rings (SSSR count). The van der Waals surface area contributed by atoms with Crippen LogP contribution in [0.2, 0.25) is 0 Å². The predicted octanol–water partition coefficient (Wildman–Crippen LogP) is 0.527. The molecular formula is C8H7FN2O2. The molecule has 1 aromatic carbocycles. The average molecular weight is 182 g/mol. The molecule has 4 nitrogen and oxygen atoms in total. The van der Waals surface area contributed by atoms with Crippen molar-refractivity contribution in [3.05, 3.63) is 34.4 Å². The molecule has 0 saturated heterocycles. The Morgan fingerprint density at radius 3 is 3.00 bits per heavy atom. The number of H-pyrrole nitrogens is 1. The third-order valence-corrected chi connectivity index (χ3v) is 1.80.